The smallest absolute Gasteiger partial charge is 0.240 e. The highest BCUT2D eigenvalue weighted by Gasteiger charge is 2.36. The maximum atomic E-state index is 13.0. The summed E-state index contributed by atoms with van der Waals surface area (Å²) >= 11 is 0. The average Bonchev–Trinajstić information content (AvgIpc) is 3.15. The Morgan fingerprint density at radius 2 is 1.50 bits per heavy atom. The number of nitrogens with zero attached hydrogens (tertiary/aromatic N) is 1. The number of nitrogens with one attached hydrogen (secondary N) is 1. The first-order valence-corrected chi connectivity index (χ1v) is 12.3. The fraction of sp³-hybridized carbons (Fsp3) is 0.280. The molecule has 1 aromatic heterocycles. The molecule has 1 heterocycles. The van der Waals surface area contributed by atoms with Gasteiger partial charge in [-0.2, -0.15) is 0 Å². The van der Waals surface area contributed by atoms with E-state index in [-0.39, 0.29) is 10.9 Å². The fourth-order valence-corrected chi connectivity index (χ4v) is 6.19. The number of sulfonamides is 1. The van der Waals surface area contributed by atoms with Crippen molar-refractivity contribution in [1.82, 2.24) is 9.29 Å². The Morgan fingerprint density at radius 3 is 2.09 bits per heavy atom. The molecule has 0 bridgehead atoms. The first-order valence-electron chi connectivity index (χ1n) is 10.8. The molecule has 32 heavy (non-hydrogen) atoms. The zero-order valence-electron chi connectivity index (χ0n) is 17.8. The number of fused-ring (bicyclic) bond motifs is 3. The number of hydrogen-bond donors (Lipinski definition) is 2. The molecule has 1 aliphatic rings. The third-order valence-corrected chi connectivity index (χ3v) is 7.95. The number of ether oxygens (including phenoxy) is 1. The second-order valence-corrected chi connectivity index (χ2v) is 10.0. The van der Waals surface area contributed by atoms with Crippen LogP contribution in [0.25, 0.3) is 21.8 Å². The van der Waals surface area contributed by atoms with E-state index in [2.05, 4.69) is 33.6 Å². The quantitative estimate of drug-likeness (QED) is 0.477. The Hall–Kier alpha value is -2.87. The van der Waals surface area contributed by atoms with Crippen LogP contribution in [-0.2, 0) is 10.0 Å². The number of benzene rings is 3. The molecule has 3 atom stereocenters. The molecule has 2 N–H and O–H groups in total. The van der Waals surface area contributed by atoms with Crippen molar-refractivity contribution in [1.29, 1.82) is 0 Å². The molecule has 1 fully saturated rings. The molecule has 0 saturated heterocycles. The van der Waals surface area contributed by atoms with Crippen LogP contribution in [-0.4, -0.2) is 37.3 Å². The maximum absolute atomic E-state index is 13.0. The third kappa shape index (κ3) is 3.56. The predicted octanol–water partition coefficient (Wildman–Crippen LogP) is 4.24. The summed E-state index contributed by atoms with van der Waals surface area (Å²) in [4.78, 5) is 0.157. The van der Waals surface area contributed by atoms with Gasteiger partial charge in [-0.1, -0.05) is 36.4 Å². The van der Waals surface area contributed by atoms with Gasteiger partial charge in [-0.3, -0.25) is 0 Å². The third-order valence-electron chi connectivity index (χ3n) is 6.45. The molecule has 5 rings (SSSR count). The van der Waals surface area contributed by atoms with Gasteiger partial charge in [0.25, 0.3) is 0 Å². The van der Waals surface area contributed by atoms with E-state index < -0.39 is 22.2 Å². The van der Waals surface area contributed by atoms with Crippen molar-refractivity contribution in [2.75, 3.05) is 7.11 Å². The SMILES string of the molecule is COc1ccc(S(=O)(=O)NC2CCCC(n3c4ccccc4c4ccccc43)[C@H]2O)cc1. The van der Waals surface area contributed by atoms with Crippen molar-refractivity contribution in [3.63, 3.8) is 0 Å². The summed E-state index contributed by atoms with van der Waals surface area (Å²) in [5.41, 5.74) is 2.10. The fourth-order valence-electron chi connectivity index (χ4n) is 4.90. The molecule has 2 unspecified atom stereocenters. The van der Waals surface area contributed by atoms with Gasteiger partial charge in [0.1, 0.15) is 5.75 Å². The van der Waals surface area contributed by atoms with Gasteiger partial charge in [-0.15, -0.1) is 0 Å². The van der Waals surface area contributed by atoms with Crippen LogP contribution in [0.3, 0.4) is 0 Å². The second kappa shape index (κ2) is 8.24. The van der Waals surface area contributed by atoms with E-state index in [0.29, 0.717) is 12.2 Å². The minimum atomic E-state index is -3.77. The highest BCUT2D eigenvalue weighted by molar-refractivity contribution is 7.89. The zero-order valence-corrected chi connectivity index (χ0v) is 18.6. The molecule has 3 aromatic carbocycles. The summed E-state index contributed by atoms with van der Waals surface area (Å²) in [6.07, 6.45) is 1.34. The number of para-hydroxylation sites is 2. The first kappa shape index (κ1) is 21.0. The number of rotatable bonds is 5. The van der Waals surface area contributed by atoms with E-state index in [1.165, 1.54) is 19.2 Å². The van der Waals surface area contributed by atoms with Crippen molar-refractivity contribution in [3.8, 4) is 5.75 Å². The summed E-state index contributed by atoms with van der Waals surface area (Å²) in [5, 5.41) is 13.6. The number of aliphatic hydroxyl groups is 1. The molecule has 1 aliphatic carbocycles. The Balaban J connectivity index is 1.49. The van der Waals surface area contributed by atoms with Crippen LogP contribution in [0, 0.1) is 0 Å². The van der Waals surface area contributed by atoms with Crippen LogP contribution in [0.2, 0.25) is 0 Å². The first-order chi connectivity index (χ1) is 15.5. The normalized spacial score (nSPS) is 21.8. The molecule has 7 heteroatoms. The molecule has 0 aliphatic heterocycles. The summed E-state index contributed by atoms with van der Waals surface area (Å²) in [6, 6.07) is 21.8. The molecule has 1 saturated carbocycles. The lowest BCUT2D eigenvalue weighted by atomic mass is 9.88. The van der Waals surface area contributed by atoms with Crippen molar-refractivity contribution in [2.24, 2.45) is 0 Å². The second-order valence-electron chi connectivity index (χ2n) is 8.30. The van der Waals surface area contributed by atoms with Gasteiger partial charge in [-0.25, -0.2) is 13.1 Å². The van der Waals surface area contributed by atoms with E-state index in [4.69, 9.17) is 4.74 Å². The molecular formula is C25H26N2O4S. The standard InChI is InChI=1S/C25H26N2O4S/c1-31-17-13-15-18(16-14-17)32(29,30)26-21-9-6-12-24(25(21)28)27-22-10-4-2-7-19(22)20-8-3-5-11-23(20)27/h2-5,7-8,10-11,13-16,21,24-26,28H,6,9,12H2,1H3/t21?,24?,25-/m0/s1. The topological polar surface area (TPSA) is 80.6 Å². The van der Waals surface area contributed by atoms with Crippen LogP contribution in [0.1, 0.15) is 25.3 Å². The summed E-state index contributed by atoms with van der Waals surface area (Å²) in [7, 11) is -2.23. The molecule has 166 valence electrons. The van der Waals surface area contributed by atoms with Gasteiger partial charge >= 0.3 is 0 Å². The van der Waals surface area contributed by atoms with Crippen LogP contribution >= 0.6 is 0 Å². The molecule has 0 amide bonds. The van der Waals surface area contributed by atoms with Gasteiger partial charge < -0.3 is 14.4 Å². The Bertz CT molecular complexity index is 1310. The van der Waals surface area contributed by atoms with E-state index in [9.17, 15) is 13.5 Å². The Kier molecular flexibility index (Phi) is 5.41. The van der Waals surface area contributed by atoms with Gasteiger partial charge in [0.15, 0.2) is 0 Å². The van der Waals surface area contributed by atoms with E-state index in [1.54, 1.807) is 12.1 Å². The van der Waals surface area contributed by atoms with Gasteiger partial charge in [0, 0.05) is 21.8 Å². The Morgan fingerprint density at radius 1 is 0.906 bits per heavy atom. The summed E-state index contributed by atoms with van der Waals surface area (Å²) in [5.74, 6) is 0.591. The van der Waals surface area contributed by atoms with Crippen LogP contribution in [0.15, 0.2) is 77.7 Å². The van der Waals surface area contributed by atoms with Crippen molar-refractivity contribution < 1.29 is 18.3 Å². The largest absolute Gasteiger partial charge is 0.497 e. The lowest BCUT2D eigenvalue weighted by molar-refractivity contribution is 0.0547. The van der Waals surface area contributed by atoms with E-state index >= 15 is 0 Å². The Labute approximate surface area is 187 Å². The number of aliphatic hydroxyl groups excluding tert-OH is 1. The summed E-state index contributed by atoms with van der Waals surface area (Å²) < 4.78 is 36.0. The van der Waals surface area contributed by atoms with E-state index in [1.807, 2.05) is 24.3 Å². The molecule has 4 aromatic rings. The highest BCUT2D eigenvalue weighted by atomic mass is 32.2. The lowest BCUT2D eigenvalue weighted by Crippen LogP contribution is -2.49. The number of hydrogen-bond acceptors (Lipinski definition) is 4. The highest BCUT2D eigenvalue weighted by Crippen LogP contribution is 2.38. The molecule has 6 nitrogen and oxygen atoms in total. The van der Waals surface area contributed by atoms with E-state index in [0.717, 1.165) is 34.6 Å². The zero-order chi connectivity index (χ0) is 22.3. The minimum absolute atomic E-state index is 0.157. The van der Waals surface area contributed by atoms with Gasteiger partial charge in [0.2, 0.25) is 10.0 Å². The molecular weight excluding hydrogens is 424 g/mol. The lowest BCUT2D eigenvalue weighted by Gasteiger charge is -2.36. The molecule has 0 radical (unpaired) electrons. The van der Waals surface area contributed by atoms with Crippen molar-refractivity contribution in [3.05, 3.63) is 72.8 Å². The van der Waals surface area contributed by atoms with Crippen LogP contribution < -0.4 is 9.46 Å². The summed E-state index contributed by atoms with van der Waals surface area (Å²) in [6.45, 7) is 0. The van der Waals surface area contributed by atoms with Crippen LogP contribution in [0.5, 0.6) is 5.75 Å². The minimum Gasteiger partial charge on any atom is -0.497 e. The monoisotopic (exact) mass is 450 g/mol. The number of aromatic nitrogens is 1. The molecule has 0 spiro atoms. The maximum Gasteiger partial charge on any atom is 0.240 e. The van der Waals surface area contributed by atoms with Gasteiger partial charge in [0.05, 0.1) is 30.2 Å². The van der Waals surface area contributed by atoms with Crippen molar-refractivity contribution in [2.45, 2.75) is 42.3 Å². The average molecular weight is 451 g/mol. The predicted molar refractivity (Wildman–Crippen MR) is 125 cm³/mol. The van der Waals surface area contributed by atoms with Crippen molar-refractivity contribution >= 4 is 31.8 Å². The van der Waals surface area contributed by atoms with Crippen LogP contribution in [0.4, 0.5) is 0 Å². The van der Waals surface area contributed by atoms with Gasteiger partial charge in [-0.05, 0) is 55.7 Å². The number of methoxy groups -OCH3 is 1.